The van der Waals surface area contributed by atoms with Crippen LogP contribution in [0.2, 0.25) is 0 Å². The Morgan fingerprint density at radius 3 is 2.26 bits per heavy atom. The fourth-order valence-electron chi connectivity index (χ4n) is 4.74. The molecule has 0 atom stereocenters. The number of allylic oxidation sites excluding steroid dienone is 7. The summed E-state index contributed by atoms with van der Waals surface area (Å²) in [6.45, 7) is 8.83. The largest absolute Gasteiger partial charge is 0.378 e. The van der Waals surface area contributed by atoms with Crippen LogP contribution in [-0.2, 0) is 0 Å². The van der Waals surface area contributed by atoms with Gasteiger partial charge in [-0.05, 0) is 75.3 Å². The van der Waals surface area contributed by atoms with Crippen LogP contribution >= 0.6 is 33.9 Å². The molecule has 2 fully saturated rings. The van der Waals surface area contributed by atoms with Crippen LogP contribution in [0.5, 0.6) is 0 Å². The van der Waals surface area contributed by atoms with E-state index in [-0.39, 0.29) is 9.90 Å². The third kappa shape index (κ3) is 11.1. The molecule has 38 heavy (non-hydrogen) atoms. The molecule has 2 radical (unpaired) electrons. The molecule has 0 spiro atoms. The standard InChI is InChI=1S/C28H36N5S2.C2H6.H2P/c29-27(35-22-23-10-6-3-1-2-4-7-11-23)31-28(34)30-24-12-14-25(15-13-24)33-20-16-26(17-21-33)32-18-8-5-9-19-32;1-2;/h1-4,6-7,10-15,26H,5,8-9,16-22H2,(H3,29,30,31,34);1-2H3;1H2/b2-1-,6-3-,7-4-,23-10+;;. The van der Waals surface area contributed by atoms with E-state index < -0.39 is 0 Å². The summed E-state index contributed by atoms with van der Waals surface area (Å²) in [5, 5.41) is 4.02. The highest BCUT2D eigenvalue weighted by molar-refractivity contribution is 8.14. The molecule has 8 heteroatoms. The van der Waals surface area contributed by atoms with Crippen molar-refractivity contribution in [3.63, 3.8) is 0 Å². The Labute approximate surface area is 243 Å². The monoisotopic (exact) mass is 569 g/mol. The second-order valence-electron chi connectivity index (χ2n) is 9.09. The highest BCUT2D eigenvalue weighted by Crippen LogP contribution is 2.26. The van der Waals surface area contributed by atoms with Crippen LogP contribution in [0.15, 0.2) is 77.4 Å². The van der Waals surface area contributed by atoms with Gasteiger partial charge in [0.05, 0.1) is 0 Å². The third-order valence-electron chi connectivity index (χ3n) is 6.63. The molecule has 0 amide bonds. The molecule has 4 rings (SSSR count). The molecule has 3 N–H and O–H groups in total. The van der Waals surface area contributed by atoms with Crippen molar-refractivity contribution in [1.82, 2.24) is 4.90 Å². The molecule has 2 aliphatic heterocycles. The van der Waals surface area contributed by atoms with Crippen LogP contribution < -0.4 is 16.0 Å². The van der Waals surface area contributed by atoms with Gasteiger partial charge in [0.15, 0.2) is 10.3 Å². The number of amidine groups is 1. The highest BCUT2D eigenvalue weighted by Gasteiger charge is 2.25. The zero-order valence-corrected chi connectivity index (χ0v) is 25.7. The van der Waals surface area contributed by atoms with E-state index in [0.717, 1.165) is 30.6 Å². The normalized spacial score (nSPS) is 22.6. The van der Waals surface area contributed by atoms with Gasteiger partial charge in [-0.2, -0.15) is 4.99 Å². The van der Waals surface area contributed by atoms with Gasteiger partial charge in [-0.15, -0.1) is 9.90 Å². The van der Waals surface area contributed by atoms with Gasteiger partial charge >= 0.3 is 0 Å². The van der Waals surface area contributed by atoms with Crippen molar-refractivity contribution in [3.8, 4) is 0 Å². The number of hydrogen-bond acceptors (Lipinski definition) is 4. The van der Waals surface area contributed by atoms with Gasteiger partial charge < -0.3 is 20.9 Å². The van der Waals surface area contributed by atoms with Crippen molar-refractivity contribution >= 4 is 55.5 Å². The predicted molar refractivity (Wildman–Crippen MR) is 178 cm³/mol. The maximum Gasteiger partial charge on any atom is 0.199 e. The maximum absolute atomic E-state index is 6.12. The summed E-state index contributed by atoms with van der Waals surface area (Å²) in [6.07, 6.45) is 22.9. The summed E-state index contributed by atoms with van der Waals surface area (Å²) >= 11 is 6.89. The minimum atomic E-state index is 0. The van der Waals surface area contributed by atoms with Crippen molar-refractivity contribution in [3.05, 3.63) is 78.8 Å². The Balaban J connectivity index is 0.00000165. The van der Waals surface area contributed by atoms with Gasteiger partial charge in [0.25, 0.3) is 0 Å². The van der Waals surface area contributed by atoms with Gasteiger partial charge in [0.2, 0.25) is 0 Å². The number of piperidine rings is 2. The summed E-state index contributed by atoms with van der Waals surface area (Å²) in [5.41, 5.74) is 9.49. The molecule has 3 aliphatic rings. The van der Waals surface area contributed by atoms with Crippen LogP contribution in [0.4, 0.5) is 11.4 Å². The first-order valence-corrected chi connectivity index (χ1v) is 15.0. The smallest absolute Gasteiger partial charge is 0.199 e. The molecule has 1 aliphatic carbocycles. The van der Waals surface area contributed by atoms with E-state index in [1.165, 1.54) is 68.2 Å². The van der Waals surface area contributed by atoms with E-state index in [9.17, 15) is 0 Å². The number of nitrogens with two attached hydrogens (primary N) is 1. The molecular weight excluding hydrogens is 525 g/mol. The summed E-state index contributed by atoms with van der Waals surface area (Å²) in [6, 6.07) is 9.25. The number of thioether (sulfide) groups is 1. The van der Waals surface area contributed by atoms with Gasteiger partial charge in [-0.25, -0.2) is 0 Å². The quantitative estimate of drug-likeness (QED) is 0.172. The Morgan fingerprint density at radius 1 is 0.947 bits per heavy atom. The average molecular weight is 570 g/mol. The fourth-order valence-corrected chi connectivity index (χ4v) is 5.67. The first-order chi connectivity index (χ1) is 18.2. The van der Waals surface area contributed by atoms with Gasteiger partial charge in [0, 0.05) is 42.7 Å². The molecule has 0 bridgehead atoms. The van der Waals surface area contributed by atoms with Crippen LogP contribution in [0, 0.1) is 6.42 Å². The molecule has 1 aromatic carbocycles. The summed E-state index contributed by atoms with van der Waals surface area (Å²) in [5.74, 6) is 0.732. The lowest BCUT2D eigenvalue weighted by Crippen LogP contribution is -2.46. The van der Waals surface area contributed by atoms with E-state index in [2.05, 4.69) is 56.9 Å². The first-order valence-electron chi connectivity index (χ1n) is 13.6. The lowest BCUT2D eigenvalue weighted by molar-refractivity contribution is 0.141. The summed E-state index contributed by atoms with van der Waals surface area (Å²) < 4.78 is 0. The van der Waals surface area contributed by atoms with Crippen molar-refractivity contribution in [2.24, 2.45) is 10.7 Å². The fraction of sp³-hybridized carbons (Fsp3) is 0.433. The third-order valence-corrected chi connectivity index (χ3v) is 7.69. The summed E-state index contributed by atoms with van der Waals surface area (Å²) in [4.78, 5) is 9.58. The van der Waals surface area contributed by atoms with Crippen LogP contribution in [0.3, 0.4) is 0 Å². The highest BCUT2D eigenvalue weighted by atomic mass is 32.2. The SMILES string of the molecule is CC.N/C(=N\C(=S)Nc1ccc(N2CCC(N3CCCCC3)CC2)cc1)SC/C1=C/C=C\C=C/C=C\[CH]1.[PH2]. The van der Waals surface area contributed by atoms with Crippen molar-refractivity contribution in [2.75, 3.05) is 42.1 Å². The van der Waals surface area contributed by atoms with E-state index in [1.807, 2.05) is 50.3 Å². The Morgan fingerprint density at radius 2 is 1.58 bits per heavy atom. The molecule has 0 unspecified atom stereocenters. The van der Waals surface area contributed by atoms with E-state index >= 15 is 0 Å². The average Bonchev–Trinajstić information content (AvgIpc) is 3.08. The van der Waals surface area contributed by atoms with Crippen molar-refractivity contribution in [2.45, 2.75) is 52.0 Å². The minimum absolute atomic E-state index is 0. The molecule has 2 heterocycles. The lowest BCUT2D eigenvalue weighted by atomic mass is 9.99. The van der Waals surface area contributed by atoms with E-state index in [0.29, 0.717) is 10.3 Å². The number of hydrogen-bond donors (Lipinski definition) is 2. The molecule has 1 aromatic rings. The lowest BCUT2D eigenvalue weighted by Gasteiger charge is -2.41. The second kappa shape index (κ2) is 18.4. The molecule has 5 nitrogen and oxygen atoms in total. The molecule has 2 saturated heterocycles. The topological polar surface area (TPSA) is 56.9 Å². The zero-order valence-electron chi connectivity index (χ0n) is 22.9. The molecule has 206 valence electrons. The second-order valence-corrected chi connectivity index (χ2v) is 10.5. The molecule has 0 saturated carbocycles. The number of thiocarbonyl (C=S) groups is 1. The molecule has 0 aromatic heterocycles. The maximum atomic E-state index is 6.12. The van der Waals surface area contributed by atoms with E-state index in [1.54, 1.807) is 0 Å². The number of rotatable bonds is 5. The summed E-state index contributed by atoms with van der Waals surface area (Å²) in [7, 11) is 0. The first kappa shape index (κ1) is 32.3. The minimum Gasteiger partial charge on any atom is -0.378 e. The Kier molecular flexibility index (Phi) is 15.6. The Hall–Kier alpha value is -1.92. The van der Waals surface area contributed by atoms with Crippen LogP contribution in [0.25, 0.3) is 0 Å². The van der Waals surface area contributed by atoms with Gasteiger partial charge in [-0.3, -0.25) is 0 Å². The number of nitrogens with one attached hydrogen (secondary N) is 1. The van der Waals surface area contributed by atoms with Gasteiger partial charge in [0.1, 0.15) is 0 Å². The van der Waals surface area contributed by atoms with Crippen molar-refractivity contribution in [1.29, 1.82) is 0 Å². The number of nitrogens with zero attached hydrogens (tertiary/aromatic N) is 3. The number of likely N-dealkylation sites (tertiary alicyclic amines) is 1. The van der Waals surface area contributed by atoms with Gasteiger partial charge in [-0.1, -0.05) is 80.1 Å². The zero-order chi connectivity index (χ0) is 26.3. The van der Waals surface area contributed by atoms with Crippen LogP contribution in [0.1, 0.15) is 46.0 Å². The number of aliphatic imine (C=N–C) groups is 1. The predicted octanol–water partition coefficient (Wildman–Crippen LogP) is 7.05. The number of benzene rings is 1. The van der Waals surface area contributed by atoms with Crippen LogP contribution in [-0.4, -0.2) is 53.2 Å². The van der Waals surface area contributed by atoms with E-state index in [4.69, 9.17) is 18.0 Å². The number of anilines is 2. The Bertz CT molecular complexity index is 986. The van der Waals surface area contributed by atoms with Crippen molar-refractivity contribution < 1.29 is 0 Å². The molecular formula is C30H44N5PS2.